The first-order valence-electron chi connectivity index (χ1n) is 3.51. The van der Waals surface area contributed by atoms with Crippen molar-refractivity contribution in [3.05, 3.63) is 0 Å². The molecule has 0 aromatic heterocycles. The summed E-state index contributed by atoms with van der Waals surface area (Å²) < 4.78 is 5.08. The van der Waals surface area contributed by atoms with Crippen molar-refractivity contribution < 1.29 is 4.74 Å². The summed E-state index contributed by atoms with van der Waals surface area (Å²) in [7, 11) is 3.77. The van der Waals surface area contributed by atoms with E-state index in [1.807, 2.05) is 7.05 Å². The Morgan fingerprint density at radius 2 is 2.22 bits per heavy atom. The van der Waals surface area contributed by atoms with Crippen LogP contribution in [0.3, 0.4) is 0 Å². The quantitative estimate of drug-likeness (QED) is 0.608. The number of ether oxygens (including phenoxy) is 1. The minimum Gasteiger partial charge on any atom is -0.383 e. The summed E-state index contributed by atoms with van der Waals surface area (Å²) in [5.74, 6) is 0. The Morgan fingerprint density at radius 1 is 1.56 bits per heavy atom. The molecular weight excluding hydrogens is 114 g/mol. The van der Waals surface area contributed by atoms with Gasteiger partial charge in [-0.2, -0.15) is 0 Å². The molecule has 9 heavy (non-hydrogen) atoms. The average Bonchev–Trinajstić information content (AvgIpc) is 1.79. The van der Waals surface area contributed by atoms with Gasteiger partial charge in [0.15, 0.2) is 0 Å². The van der Waals surface area contributed by atoms with Gasteiger partial charge in [-0.25, -0.2) is 0 Å². The third kappa shape index (κ3) is 1.25. The van der Waals surface area contributed by atoms with E-state index in [0.717, 1.165) is 6.61 Å². The second kappa shape index (κ2) is 2.67. The van der Waals surface area contributed by atoms with E-state index >= 15 is 0 Å². The summed E-state index contributed by atoms with van der Waals surface area (Å²) in [6.07, 6.45) is 3.90. The van der Waals surface area contributed by atoms with E-state index in [-0.39, 0.29) is 0 Å². The fraction of sp³-hybridized carbons (Fsp3) is 1.00. The van der Waals surface area contributed by atoms with Crippen molar-refractivity contribution in [3.8, 4) is 0 Å². The molecule has 2 nitrogen and oxygen atoms in total. The summed E-state index contributed by atoms with van der Waals surface area (Å²) in [5.41, 5.74) is 0.342. The van der Waals surface area contributed by atoms with Crippen LogP contribution in [-0.4, -0.2) is 26.3 Å². The fourth-order valence-electron chi connectivity index (χ4n) is 1.35. The monoisotopic (exact) mass is 129 g/mol. The van der Waals surface area contributed by atoms with Crippen molar-refractivity contribution in [2.75, 3.05) is 20.8 Å². The van der Waals surface area contributed by atoms with E-state index < -0.39 is 0 Å². The van der Waals surface area contributed by atoms with Crippen LogP contribution < -0.4 is 5.32 Å². The van der Waals surface area contributed by atoms with Crippen LogP contribution in [0.5, 0.6) is 0 Å². The van der Waals surface area contributed by atoms with E-state index in [9.17, 15) is 0 Å². The van der Waals surface area contributed by atoms with Crippen LogP contribution in [0, 0.1) is 0 Å². The van der Waals surface area contributed by atoms with Crippen LogP contribution in [0.4, 0.5) is 0 Å². The molecule has 0 bridgehead atoms. The first-order chi connectivity index (χ1) is 4.33. The molecule has 0 saturated heterocycles. The smallest absolute Gasteiger partial charge is 0.0644 e. The molecule has 1 fully saturated rings. The van der Waals surface area contributed by atoms with Crippen molar-refractivity contribution in [2.45, 2.75) is 24.8 Å². The van der Waals surface area contributed by atoms with Gasteiger partial charge >= 0.3 is 0 Å². The Labute approximate surface area is 56.6 Å². The van der Waals surface area contributed by atoms with Gasteiger partial charge < -0.3 is 10.1 Å². The molecule has 54 valence electrons. The highest BCUT2D eigenvalue weighted by atomic mass is 16.5. The van der Waals surface area contributed by atoms with Gasteiger partial charge in [-0.05, 0) is 26.3 Å². The Bertz CT molecular complexity index is 83.4. The van der Waals surface area contributed by atoms with Gasteiger partial charge in [-0.3, -0.25) is 0 Å². The molecule has 0 atom stereocenters. The van der Waals surface area contributed by atoms with Crippen LogP contribution in [-0.2, 0) is 4.74 Å². The molecule has 1 saturated carbocycles. The zero-order valence-electron chi connectivity index (χ0n) is 6.24. The third-order valence-corrected chi connectivity index (χ3v) is 2.26. The zero-order chi connectivity index (χ0) is 6.74. The first-order valence-corrected chi connectivity index (χ1v) is 3.51. The van der Waals surface area contributed by atoms with Gasteiger partial charge in [-0.1, -0.05) is 0 Å². The highest BCUT2D eigenvalue weighted by Gasteiger charge is 2.34. The zero-order valence-corrected chi connectivity index (χ0v) is 6.24. The number of likely N-dealkylation sites (N-methyl/N-ethyl adjacent to an activating group) is 1. The number of rotatable bonds is 3. The van der Waals surface area contributed by atoms with E-state index in [1.165, 1.54) is 19.3 Å². The standard InChI is InChI=1S/C7H15NO/c1-8-7(6-9-2)4-3-5-7/h8H,3-6H2,1-2H3. The van der Waals surface area contributed by atoms with Gasteiger partial charge in [0.25, 0.3) is 0 Å². The molecule has 0 amide bonds. The summed E-state index contributed by atoms with van der Waals surface area (Å²) in [6, 6.07) is 0. The molecule has 0 spiro atoms. The number of nitrogens with one attached hydrogen (secondary N) is 1. The lowest BCUT2D eigenvalue weighted by Crippen LogP contribution is -2.52. The first kappa shape index (κ1) is 7.03. The van der Waals surface area contributed by atoms with Crippen LogP contribution in [0.15, 0.2) is 0 Å². The highest BCUT2D eigenvalue weighted by Crippen LogP contribution is 2.31. The topological polar surface area (TPSA) is 21.3 Å². The Morgan fingerprint density at radius 3 is 2.33 bits per heavy atom. The van der Waals surface area contributed by atoms with Crippen LogP contribution >= 0.6 is 0 Å². The number of hydrogen-bond donors (Lipinski definition) is 1. The molecule has 0 aromatic rings. The molecule has 0 aromatic carbocycles. The minimum atomic E-state index is 0.342. The van der Waals surface area contributed by atoms with Gasteiger partial charge in [0.1, 0.15) is 0 Å². The van der Waals surface area contributed by atoms with E-state index in [0.29, 0.717) is 5.54 Å². The van der Waals surface area contributed by atoms with Gasteiger partial charge in [0.2, 0.25) is 0 Å². The highest BCUT2D eigenvalue weighted by molar-refractivity contribution is 4.94. The summed E-state index contributed by atoms with van der Waals surface area (Å²) >= 11 is 0. The maximum absolute atomic E-state index is 5.08. The lowest BCUT2D eigenvalue weighted by Gasteiger charge is -2.41. The van der Waals surface area contributed by atoms with Gasteiger partial charge in [0, 0.05) is 12.6 Å². The maximum Gasteiger partial charge on any atom is 0.0644 e. The van der Waals surface area contributed by atoms with Crippen molar-refractivity contribution >= 4 is 0 Å². The fourth-order valence-corrected chi connectivity index (χ4v) is 1.35. The van der Waals surface area contributed by atoms with Crippen LogP contribution in [0.1, 0.15) is 19.3 Å². The van der Waals surface area contributed by atoms with Crippen molar-refractivity contribution in [2.24, 2.45) is 0 Å². The largest absolute Gasteiger partial charge is 0.383 e. The molecule has 0 radical (unpaired) electrons. The Balaban J connectivity index is 2.28. The van der Waals surface area contributed by atoms with Crippen molar-refractivity contribution in [1.29, 1.82) is 0 Å². The molecule has 1 N–H and O–H groups in total. The molecule has 2 heteroatoms. The van der Waals surface area contributed by atoms with E-state index in [1.54, 1.807) is 7.11 Å². The Hall–Kier alpha value is -0.0800. The Kier molecular flexibility index (Phi) is 2.09. The molecular formula is C7H15NO. The number of hydrogen-bond acceptors (Lipinski definition) is 2. The van der Waals surface area contributed by atoms with Gasteiger partial charge in [0.05, 0.1) is 6.61 Å². The predicted molar refractivity (Wildman–Crippen MR) is 37.5 cm³/mol. The molecule has 0 unspecified atom stereocenters. The second-order valence-electron chi connectivity index (χ2n) is 2.82. The van der Waals surface area contributed by atoms with Crippen molar-refractivity contribution in [3.63, 3.8) is 0 Å². The predicted octanol–water partition coefficient (Wildman–Crippen LogP) is 0.775. The van der Waals surface area contributed by atoms with Gasteiger partial charge in [-0.15, -0.1) is 0 Å². The SMILES string of the molecule is CNC1(COC)CCC1. The van der Waals surface area contributed by atoms with Crippen LogP contribution in [0.25, 0.3) is 0 Å². The minimum absolute atomic E-state index is 0.342. The summed E-state index contributed by atoms with van der Waals surface area (Å²) in [4.78, 5) is 0. The van der Waals surface area contributed by atoms with E-state index in [2.05, 4.69) is 5.32 Å². The normalized spacial score (nSPS) is 23.3. The molecule has 0 aliphatic heterocycles. The number of methoxy groups -OCH3 is 1. The lowest BCUT2D eigenvalue weighted by atomic mass is 9.78. The average molecular weight is 129 g/mol. The van der Waals surface area contributed by atoms with Crippen molar-refractivity contribution in [1.82, 2.24) is 5.32 Å². The maximum atomic E-state index is 5.08. The molecule has 1 aliphatic carbocycles. The van der Waals surface area contributed by atoms with Crippen LogP contribution in [0.2, 0.25) is 0 Å². The third-order valence-electron chi connectivity index (χ3n) is 2.26. The molecule has 1 aliphatic rings. The summed E-state index contributed by atoms with van der Waals surface area (Å²) in [6.45, 7) is 0.865. The lowest BCUT2D eigenvalue weighted by molar-refractivity contribution is 0.0622. The molecule has 0 heterocycles. The molecule has 1 rings (SSSR count). The summed E-state index contributed by atoms with van der Waals surface area (Å²) in [5, 5.41) is 3.29. The van der Waals surface area contributed by atoms with E-state index in [4.69, 9.17) is 4.74 Å². The second-order valence-corrected chi connectivity index (χ2v) is 2.82.